The molecule has 1 fully saturated rings. The highest BCUT2D eigenvalue weighted by Crippen LogP contribution is 2.35. The fraction of sp³-hybridized carbons (Fsp3) is 0.471. The zero-order valence-corrected chi connectivity index (χ0v) is 13.6. The van der Waals surface area contributed by atoms with Crippen molar-refractivity contribution in [1.82, 2.24) is 4.90 Å². The number of amides is 1. The van der Waals surface area contributed by atoms with Gasteiger partial charge in [-0.15, -0.1) is 6.58 Å². The summed E-state index contributed by atoms with van der Waals surface area (Å²) < 4.78 is 5.27. The van der Waals surface area contributed by atoms with Gasteiger partial charge in [0, 0.05) is 23.5 Å². The Labute approximate surface area is 136 Å². The molecular formula is C17H22ClNO3. The summed E-state index contributed by atoms with van der Waals surface area (Å²) in [4.78, 5) is 14.6. The lowest BCUT2D eigenvalue weighted by Gasteiger charge is -2.41. The lowest BCUT2D eigenvalue weighted by Crippen LogP contribution is -2.47. The van der Waals surface area contributed by atoms with Crippen LogP contribution < -0.4 is 4.74 Å². The van der Waals surface area contributed by atoms with Crippen molar-refractivity contribution < 1.29 is 14.6 Å². The monoisotopic (exact) mass is 323 g/mol. The summed E-state index contributed by atoms with van der Waals surface area (Å²) in [7, 11) is 1.52. The zero-order valence-electron chi connectivity index (χ0n) is 12.8. The van der Waals surface area contributed by atoms with E-state index in [9.17, 15) is 9.90 Å². The third kappa shape index (κ3) is 3.45. The standard InChI is InChI=1S/C17H22ClNO3/c1-3-7-17(12-20)8-4-9-19(11-17)16(21)14-6-5-13(18)10-15(14)22-2/h3,5-6,10,20H,1,4,7-9,11-12H2,2H3/t17-/m1/s1. The molecule has 0 aromatic heterocycles. The number of hydrogen-bond acceptors (Lipinski definition) is 3. The Hall–Kier alpha value is -1.52. The number of benzene rings is 1. The molecule has 1 aromatic rings. The highest BCUT2D eigenvalue weighted by Gasteiger charge is 2.36. The van der Waals surface area contributed by atoms with Crippen LogP contribution in [0.1, 0.15) is 29.6 Å². The van der Waals surface area contributed by atoms with Crippen LogP contribution in [0.3, 0.4) is 0 Å². The van der Waals surface area contributed by atoms with Crippen LogP contribution in [0.2, 0.25) is 5.02 Å². The highest BCUT2D eigenvalue weighted by atomic mass is 35.5. The first-order valence-corrected chi connectivity index (χ1v) is 7.77. The molecule has 4 nitrogen and oxygen atoms in total. The molecule has 0 aliphatic carbocycles. The number of halogens is 1. The van der Waals surface area contributed by atoms with Crippen molar-refractivity contribution in [3.63, 3.8) is 0 Å². The Morgan fingerprint density at radius 2 is 2.36 bits per heavy atom. The van der Waals surface area contributed by atoms with Gasteiger partial charge in [0.2, 0.25) is 0 Å². The van der Waals surface area contributed by atoms with E-state index in [1.165, 1.54) is 7.11 Å². The van der Waals surface area contributed by atoms with E-state index in [0.717, 1.165) is 12.8 Å². The number of likely N-dealkylation sites (tertiary alicyclic amines) is 1. The number of aliphatic hydroxyl groups is 1. The van der Waals surface area contributed by atoms with E-state index in [4.69, 9.17) is 16.3 Å². The molecule has 0 saturated carbocycles. The third-order valence-corrected chi connectivity index (χ3v) is 4.49. The molecule has 0 radical (unpaired) electrons. The van der Waals surface area contributed by atoms with Gasteiger partial charge in [-0.1, -0.05) is 17.7 Å². The fourth-order valence-corrected chi connectivity index (χ4v) is 3.22. The van der Waals surface area contributed by atoms with Crippen LogP contribution in [0.5, 0.6) is 5.75 Å². The number of hydrogen-bond donors (Lipinski definition) is 1. The first kappa shape index (κ1) is 16.8. The molecule has 1 saturated heterocycles. The van der Waals surface area contributed by atoms with Crippen LogP contribution >= 0.6 is 11.6 Å². The highest BCUT2D eigenvalue weighted by molar-refractivity contribution is 6.30. The lowest BCUT2D eigenvalue weighted by atomic mass is 9.77. The van der Waals surface area contributed by atoms with E-state index in [1.807, 2.05) is 6.08 Å². The summed E-state index contributed by atoms with van der Waals surface area (Å²) in [5.41, 5.74) is 0.217. The van der Waals surface area contributed by atoms with Crippen LogP contribution in [0.4, 0.5) is 0 Å². The molecule has 1 N–H and O–H groups in total. The van der Waals surface area contributed by atoms with E-state index in [-0.39, 0.29) is 17.9 Å². The number of aliphatic hydroxyl groups excluding tert-OH is 1. The SMILES string of the molecule is C=CC[C@@]1(CO)CCCN(C(=O)c2ccc(Cl)cc2OC)C1. The molecule has 5 heteroatoms. The van der Waals surface area contributed by atoms with Gasteiger partial charge < -0.3 is 14.7 Å². The Balaban J connectivity index is 2.24. The predicted octanol–water partition coefficient (Wildman–Crippen LogP) is 3.14. The van der Waals surface area contributed by atoms with E-state index in [2.05, 4.69) is 6.58 Å². The maximum Gasteiger partial charge on any atom is 0.257 e. The van der Waals surface area contributed by atoms with Crippen molar-refractivity contribution >= 4 is 17.5 Å². The van der Waals surface area contributed by atoms with E-state index < -0.39 is 0 Å². The molecule has 1 aromatic carbocycles. The summed E-state index contributed by atoms with van der Waals surface area (Å²) in [5.74, 6) is 0.386. The fourth-order valence-electron chi connectivity index (χ4n) is 3.06. The molecule has 120 valence electrons. The molecule has 1 aliphatic rings. The number of methoxy groups -OCH3 is 1. The van der Waals surface area contributed by atoms with E-state index in [1.54, 1.807) is 23.1 Å². The van der Waals surface area contributed by atoms with Crippen LogP contribution in [-0.2, 0) is 0 Å². The van der Waals surface area contributed by atoms with Gasteiger partial charge in [-0.2, -0.15) is 0 Å². The van der Waals surface area contributed by atoms with Gasteiger partial charge in [-0.25, -0.2) is 0 Å². The van der Waals surface area contributed by atoms with Gasteiger partial charge in [-0.05, 0) is 37.5 Å². The Morgan fingerprint density at radius 3 is 3.00 bits per heavy atom. The van der Waals surface area contributed by atoms with E-state index in [0.29, 0.717) is 35.8 Å². The molecule has 1 aliphatic heterocycles. The van der Waals surface area contributed by atoms with Gasteiger partial charge in [0.15, 0.2) is 0 Å². The summed E-state index contributed by atoms with van der Waals surface area (Å²) >= 11 is 5.95. The summed E-state index contributed by atoms with van der Waals surface area (Å²) in [5, 5.41) is 10.3. The molecule has 1 atom stereocenters. The number of carbonyl (C=O) groups is 1. The Morgan fingerprint density at radius 1 is 1.59 bits per heavy atom. The topological polar surface area (TPSA) is 49.8 Å². The molecule has 22 heavy (non-hydrogen) atoms. The predicted molar refractivity (Wildman–Crippen MR) is 87.5 cm³/mol. The normalized spacial score (nSPS) is 21.5. The van der Waals surface area contributed by atoms with Crippen molar-refractivity contribution in [2.24, 2.45) is 5.41 Å². The van der Waals surface area contributed by atoms with Crippen LogP contribution in [0, 0.1) is 5.41 Å². The van der Waals surface area contributed by atoms with Gasteiger partial charge in [-0.3, -0.25) is 4.79 Å². The summed E-state index contributed by atoms with van der Waals surface area (Å²) in [6, 6.07) is 5.01. The summed E-state index contributed by atoms with van der Waals surface area (Å²) in [6.07, 6.45) is 4.28. The Bertz CT molecular complexity index is 561. The minimum absolute atomic E-state index is 0.0561. The quantitative estimate of drug-likeness (QED) is 0.847. The van der Waals surface area contributed by atoms with Crippen molar-refractivity contribution in [2.75, 3.05) is 26.8 Å². The summed E-state index contributed by atoms with van der Waals surface area (Å²) in [6.45, 7) is 5.03. The first-order chi connectivity index (χ1) is 10.5. The molecule has 2 rings (SSSR count). The second-order valence-electron chi connectivity index (χ2n) is 5.83. The maximum atomic E-state index is 12.8. The number of carbonyl (C=O) groups excluding carboxylic acids is 1. The van der Waals surface area contributed by atoms with Crippen molar-refractivity contribution in [2.45, 2.75) is 19.3 Å². The molecular weight excluding hydrogens is 302 g/mol. The number of piperidine rings is 1. The molecule has 0 bridgehead atoms. The largest absolute Gasteiger partial charge is 0.496 e. The second kappa shape index (κ2) is 7.16. The average molecular weight is 324 g/mol. The van der Waals surface area contributed by atoms with Gasteiger partial charge in [0.1, 0.15) is 5.75 Å². The maximum absolute atomic E-state index is 12.8. The molecule has 1 amide bonds. The van der Waals surface area contributed by atoms with Crippen molar-refractivity contribution in [3.8, 4) is 5.75 Å². The van der Waals surface area contributed by atoms with Crippen molar-refractivity contribution in [3.05, 3.63) is 41.4 Å². The second-order valence-corrected chi connectivity index (χ2v) is 6.26. The van der Waals surface area contributed by atoms with Crippen LogP contribution in [0.25, 0.3) is 0 Å². The zero-order chi connectivity index (χ0) is 16.2. The van der Waals surface area contributed by atoms with E-state index >= 15 is 0 Å². The Kier molecular flexibility index (Phi) is 5.48. The lowest BCUT2D eigenvalue weighted by molar-refractivity contribution is 0.0283. The number of allylic oxidation sites excluding steroid dienone is 1. The first-order valence-electron chi connectivity index (χ1n) is 7.40. The number of ether oxygens (including phenoxy) is 1. The smallest absolute Gasteiger partial charge is 0.257 e. The van der Waals surface area contributed by atoms with Crippen molar-refractivity contribution in [1.29, 1.82) is 0 Å². The van der Waals surface area contributed by atoms with Gasteiger partial charge in [0.25, 0.3) is 5.91 Å². The van der Waals surface area contributed by atoms with Gasteiger partial charge in [0.05, 0.1) is 19.3 Å². The molecule has 1 heterocycles. The van der Waals surface area contributed by atoms with Crippen LogP contribution in [-0.4, -0.2) is 42.7 Å². The number of nitrogens with zero attached hydrogens (tertiary/aromatic N) is 1. The minimum atomic E-state index is -0.282. The third-order valence-electron chi connectivity index (χ3n) is 4.26. The number of rotatable bonds is 5. The molecule has 0 spiro atoms. The average Bonchev–Trinajstić information content (AvgIpc) is 2.54. The molecule has 0 unspecified atom stereocenters. The van der Waals surface area contributed by atoms with Gasteiger partial charge >= 0.3 is 0 Å². The van der Waals surface area contributed by atoms with Crippen LogP contribution in [0.15, 0.2) is 30.9 Å². The minimum Gasteiger partial charge on any atom is -0.496 e.